The lowest BCUT2D eigenvalue weighted by atomic mass is 9.89. The Bertz CT molecular complexity index is 7160. The first-order chi connectivity index (χ1) is 65.0. The van der Waals surface area contributed by atoms with Gasteiger partial charge in [-0.25, -0.2) is 0 Å². The van der Waals surface area contributed by atoms with Gasteiger partial charge in [-0.3, -0.25) is 0 Å². The van der Waals surface area contributed by atoms with E-state index in [0.717, 1.165) is 0 Å². The van der Waals surface area contributed by atoms with Gasteiger partial charge in [-0.15, -0.1) is 0 Å². The summed E-state index contributed by atoms with van der Waals surface area (Å²) in [6.45, 7) is 12.9. The van der Waals surface area contributed by atoms with Crippen LogP contribution in [0.4, 0.5) is 0 Å². The Morgan fingerprint density at radius 2 is 0.288 bits per heavy atom. The summed E-state index contributed by atoms with van der Waals surface area (Å²) in [5, 5.41) is 0. The fourth-order valence-electron chi connectivity index (χ4n) is 17.1. The lowest BCUT2D eigenvalue weighted by molar-refractivity contribution is 1.45. The van der Waals surface area contributed by atoms with E-state index < -0.39 is 0 Å². The van der Waals surface area contributed by atoms with E-state index in [1.807, 2.05) is 0 Å². The van der Waals surface area contributed by atoms with E-state index in [-0.39, 0.29) is 0 Å². The largest absolute Gasteiger partial charge is 0.0622 e. The zero-order chi connectivity index (χ0) is 90.4. The lowest BCUT2D eigenvalue weighted by Crippen LogP contribution is -1.89. The van der Waals surface area contributed by atoms with Crippen molar-refractivity contribution in [2.24, 2.45) is 0 Å². The molecule has 21 rings (SSSR count). The van der Waals surface area contributed by atoms with Gasteiger partial charge in [0.25, 0.3) is 0 Å². The Kier molecular flexibility index (Phi) is 30.3. The predicted octanol–water partition coefficient (Wildman–Crippen LogP) is 37.0. The van der Waals surface area contributed by atoms with E-state index in [4.69, 9.17) is 0 Å². The Balaban J connectivity index is 0.000000116. The third kappa shape index (κ3) is 23.3. The quantitative estimate of drug-likeness (QED) is 0.0960. The highest BCUT2D eigenvalue weighted by Gasteiger charge is 2.17. The van der Waals surface area contributed by atoms with Crippen LogP contribution >= 0.6 is 0 Å². The van der Waals surface area contributed by atoms with Crippen LogP contribution in [0.2, 0.25) is 0 Å². The van der Waals surface area contributed by atoms with Crippen molar-refractivity contribution in [3.63, 3.8) is 0 Å². The van der Waals surface area contributed by atoms with Crippen molar-refractivity contribution in [3.05, 3.63) is 579 Å². The minimum Gasteiger partial charge on any atom is -0.0622 e. The van der Waals surface area contributed by atoms with Crippen LogP contribution in [-0.2, 0) is 0 Å². The van der Waals surface area contributed by atoms with Gasteiger partial charge in [-0.05, 0) is 238 Å². The van der Waals surface area contributed by atoms with Crippen LogP contribution in [0, 0.1) is 41.5 Å². The molecule has 21 aromatic carbocycles. The van der Waals surface area contributed by atoms with E-state index in [2.05, 4.69) is 588 Å². The minimum absolute atomic E-state index is 1.25. The molecule has 0 spiro atoms. The first-order valence-corrected chi connectivity index (χ1v) is 45.6. The van der Waals surface area contributed by atoms with Crippen LogP contribution in [0.1, 0.15) is 33.4 Å². The molecule has 0 saturated heterocycles. The van der Waals surface area contributed by atoms with Gasteiger partial charge in [0.2, 0.25) is 0 Å². The second-order valence-corrected chi connectivity index (χ2v) is 33.4. The third-order valence-corrected chi connectivity index (χ3v) is 23.8. The average Bonchev–Trinajstić information content (AvgIpc) is 0.763. The fourth-order valence-corrected chi connectivity index (χ4v) is 17.1. The highest BCUT2D eigenvalue weighted by atomic mass is 14.2. The first kappa shape index (κ1) is 89.0. The molecule has 0 heteroatoms. The van der Waals surface area contributed by atoms with E-state index in [1.165, 1.54) is 200 Å². The number of rotatable bonds is 15. The summed E-state index contributed by atoms with van der Waals surface area (Å²) in [4.78, 5) is 0. The molecule has 0 amide bonds. The summed E-state index contributed by atoms with van der Waals surface area (Å²) in [5.74, 6) is 0. The van der Waals surface area contributed by atoms with Gasteiger partial charge in [0.05, 0.1) is 0 Å². The molecule has 0 N–H and O–H groups in total. The molecule has 636 valence electrons. The predicted molar refractivity (Wildman–Crippen MR) is 569 cm³/mol. The maximum absolute atomic E-state index is 2.28. The van der Waals surface area contributed by atoms with Crippen LogP contribution in [0.25, 0.3) is 167 Å². The Morgan fingerprint density at radius 1 is 0.0833 bits per heavy atom. The molecule has 0 saturated carbocycles. The van der Waals surface area contributed by atoms with Crippen molar-refractivity contribution in [1.82, 2.24) is 0 Å². The molecule has 0 aliphatic heterocycles. The molecule has 0 bridgehead atoms. The Labute approximate surface area is 782 Å². The smallest absolute Gasteiger partial charge is 0.00992 e. The third-order valence-electron chi connectivity index (χ3n) is 23.8. The molecule has 0 heterocycles. The lowest BCUT2D eigenvalue weighted by Gasteiger charge is -2.15. The van der Waals surface area contributed by atoms with Crippen LogP contribution in [-0.4, -0.2) is 0 Å². The van der Waals surface area contributed by atoms with E-state index in [0.29, 0.717) is 0 Å². The summed E-state index contributed by atoms with van der Waals surface area (Å²) in [6, 6.07) is 193. The minimum atomic E-state index is 1.25. The van der Waals surface area contributed by atoms with Gasteiger partial charge >= 0.3 is 0 Å². The molecule has 0 nitrogen and oxygen atoms in total. The molecule has 0 aliphatic rings. The van der Waals surface area contributed by atoms with E-state index in [1.54, 1.807) is 0 Å². The number of hydrogen-bond acceptors (Lipinski definition) is 0. The van der Waals surface area contributed by atoms with Gasteiger partial charge in [-0.1, -0.05) is 550 Å². The second-order valence-electron chi connectivity index (χ2n) is 33.4. The van der Waals surface area contributed by atoms with Crippen LogP contribution in [0.5, 0.6) is 0 Å². The summed E-state index contributed by atoms with van der Waals surface area (Å²) < 4.78 is 0. The Hall–Kier alpha value is -16.4. The summed E-state index contributed by atoms with van der Waals surface area (Å²) in [7, 11) is 0. The molecule has 0 atom stereocenters. The molecule has 0 fully saturated rings. The number of benzene rings is 21. The van der Waals surface area contributed by atoms with Gasteiger partial charge < -0.3 is 0 Å². The van der Waals surface area contributed by atoms with Crippen LogP contribution < -0.4 is 0 Å². The van der Waals surface area contributed by atoms with Crippen molar-refractivity contribution < 1.29 is 0 Å². The van der Waals surface area contributed by atoms with Crippen molar-refractivity contribution in [3.8, 4) is 167 Å². The SMILES string of the molecule is Cc1cc(-c2ccccc2)cc(-c2ccccc2)c1.Cc1ccc(-c2ccccc2)c(-c2ccccc2)c1.Cc1ccc(-c2ccccc2)cc1-c1ccccc1.Cc1ccc(-c2ccccc2-c2ccccc2-c2ccccc2)cc1.Cc1cccc(-c2ccccc2-c2cccc(-c3ccccc3)c2)c1.Cc1cccc(-c2ccccc2-c2ccccc2-c2ccccc2)c1. The molecule has 132 heavy (non-hydrogen) atoms. The molecule has 0 aromatic heterocycles. The van der Waals surface area contributed by atoms with Crippen molar-refractivity contribution in [2.75, 3.05) is 0 Å². The fraction of sp³-hybridized carbons (Fsp3) is 0.0455. The van der Waals surface area contributed by atoms with Crippen molar-refractivity contribution >= 4 is 0 Å². The van der Waals surface area contributed by atoms with Crippen LogP contribution in [0.3, 0.4) is 0 Å². The first-order valence-electron chi connectivity index (χ1n) is 45.6. The summed E-state index contributed by atoms with van der Waals surface area (Å²) in [5.41, 5.74) is 45.8. The molecule has 21 aromatic rings. The van der Waals surface area contributed by atoms with Gasteiger partial charge in [0.15, 0.2) is 0 Å². The number of aryl methyl sites for hydroxylation is 6. The number of hydrogen-bond donors (Lipinski definition) is 0. The highest BCUT2D eigenvalue weighted by Crippen LogP contribution is 2.43. The normalized spacial score (nSPS) is 10.5. The van der Waals surface area contributed by atoms with Crippen LogP contribution in [0.15, 0.2) is 546 Å². The van der Waals surface area contributed by atoms with E-state index in [9.17, 15) is 0 Å². The van der Waals surface area contributed by atoms with Gasteiger partial charge in [-0.2, -0.15) is 0 Å². The van der Waals surface area contributed by atoms with Gasteiger partial charge in [0.1, 0.15) is 0 Å². The Morgan fingerprint density at radius 3 is 0.636 bits per heavy atom. The van der Waals surface area contributed by atoms with Gasteiger partial charge in [0, 0.05) is 0 Å². The second kappa shape index (κ2) is 44.9. The summed E-state index contributed by atoms with van der Waals surface area (Å²) in [6.07, 6.45) is 0. The van der Waals surface area contributed by atoms with Crippen molar-refractivity contribution in [1.29, 1.82) is 0 Å². The van der Waals surface area contributed by atoms with Crippen molar-refractivity contribution in [2.45, 2.75) is 41.5 Å². The zero-order valence-corrected chi connectivity index (χ0v) is 76.0. The molecule has 0 aliphatic carbocycles. The molecular formula is C132H108. The maximum atomic E-state index is 2.28. The average molecular weight is 1690 g/mol. The monoisotopic (exact) mass is 1690 g/mol. The maximum Gasteiger partial charge on any atom is -0.00992 e. The molecule has 0 radical (unpaired) electrons. The highest BCUT2D eigenvalue weighted by molar-refractivity contribution is 5.94. The van der Waals surface area contributed by atoms with E-state index >= 15 is 0 Å². The molecule has 0 unspecified atom stereocenters. The molecular weight excluding hydrogens is 1590 g/mol. The summed E-state index contributed by atoms with van der Waals surface area (Å²) >= 11 is 0. The topological polar surface area (TPSA) is 0 Å². The standard InChI is InChI=1S/3C25H20.3C19H16/c1-19-10-9-13-21(18-19)23-15-6-8-17-25(23)24-16-7-5-14-22(24)20-11-3-2-4-12-20;1-19-15-17-21(18-16-19)23-12-6-8-14-25(23)24-13-7-5-11-22(24)20-9-3-2-4-10-20;1-19-9-7-13-22(17-19)24-15-5-6-16-25(24)23-14-8-12-21(18-23)20-10-3-2-4-11-20;1-15-12-18(16-8-4-2-5-9-16)14-19(13-15)17-10-6-3-7-11-17;1-15-12-13-18(16-8-4-2-5-9-16)14-19(15)17-10-6-3-7-11-17;1-15-12-13-18(16-8-4-2-5-9-16)19(14-15)17-10-6-3-7-11-17/h3*2-18H,1H3;3*2-14H,1H3. The zero-order valence-electron chi connectivity index (χ0n) is 76.0.